The van der Waals surface area contributed by atoms with Gasteiger partial charge in [0.1, 0.15) is 0 Å². The third kappa shape index (κ3) is 3.07. The van der Waals surface area contributed by atoms with Crippen molar-refractivity contribution in [3.8, 4) is 11.3 Å². The number of rotatable bonds is 5. The predicted molar refractivity (Wildman–Crippen MR) is 82.9 cm³/mol. The van der Waals surface area contributed by atoms with E-state index in [0.717, 1.165) is 36.9 Å². The monoisotopic (exact) mass is 286 g/mol. The maximum atomic E-state index is 11.7. The van der Waals surface area contributed by atoms with Crippen molar-refractivity contribution in [2.24, 2.45) is 5.92 Å². The van der Waals surface area contributed by atoms with Gasteiger partial charge in [-0.2, -0.15) is 0 Å². The van der Waals surface area contributed by atoms with Crippen LogP contribution in [0, 0.1) is 5.92 Å². The number of amides is 1. The molecule has 0 atom stereocenters. The van der Waals surface area contributed by atoms with Crippen molar-refractivity contribution >= 4 is 22.4 Å². The molecular weight excluding hydrogens is 268 g/mol. The van der Waals surface area contributed by atoms with E-state index in [-0.39, 0.29) is 11.8 Å². The van der Waals surface area contributed by atoms with Crippen LogP contribution in [0.3, 0.4) is 0 Å². The number of thiazole rings is 1. The minimum atomic E-state index is 0.115. The molecule has 1 heterocycles. The molecule has 3 rings (SSSR count). The van der Waals surface area contributed by atoms with Crippen molar-refractivity contribution in [2.75, 3.05) is 5.32 Å². The van der Waals surface area contributed by atoms with Gasteiger partial charge in [0.2, 0.25) is 5.91 Å². The normalized spacial score (nSPS) is 14.2. The Kier molecular flexibility index (Phi) is 3.83. The van der Waals surface area contributed by atoms with Gasteiger partial charge in [0, 0.05) is 16.9 Å². The highest BCUT2D eigenvalue weighted by Crippen LogP contribution is 2.31. The van der Waals surface area contributed by atoms with Crippen LogP contribution < -0.4 is 5.32 Å². The molecular formula is C16H18N2OS. The standard InChI is InChI=1S/C16H18N2OS/c1-2-3-11-4-6-12(7-5-11)14-10-20-16(17-14)18-15(19)13-8-9-13/h4-7,10,13H,2-3,8-9H2,1H3,(H,17,18,19). The van der Waals surface area contributed by atoms with E-state index < -0.39 is 0 Å². The molecule has 20 heavy (non-hydrogen) atoms. The minimum Gasteiger partial charge on any atom is -0.302 e. The Bertz CT molecular complexity index is 599. The van der Waals surface area contributed by atoms with E-state index in [1.165, 1.54) is 16.9 Å². The lowest BCUT2D eigenvalue weighted by atomic mass is 10.1. The average molecular weight is 286 g/mol. The summed E-state index contributed by atoms with van der Waals surface area (Å²) in [6.07, 6.45) is 4.30. The summed E-state index contributed by atoms with van der Waals surface area (Å²) in [5.74, 6) is 0.333. The summed E-state index contributed by atoms with van der Waals surface area (Å²) in [5, 5.41) is 5.59. The first-order chi connectivity index (χ1) is 9.76. The lowest BCUT2D eigenvalue weighted by Gasteiger charge is -2.01. The Balaban J connectivity index is 1.70. The number of aromatic nitrogens is 1. The Labute approximate surface area is 123 Å². The average Bonchev–Trinajstić information content (AvgIpc) is 3.21. The third-order valence-electron chi connectivity index (χ3n) is 3.47. The molecule has 3 nitrogen and oxygen atoms in total. The van der Waals surface area contributed by atoms with E-state index in [0.29, 0.717) is 5.13 Å². The van der Waals surface area contributed by atoms with Gasteiger partial charge in [0.25, 0.3) is 0 Å². The molecule has 1 amide bonds. The number of anilines is 1. The first-order valence-corrected chi connectivity index (χ1v) is 8.00. The highest BCUT2D eigenvalue weighted by atomic mass is 32.1. The zero-order chi connectivity index (χ0) is 13.9. The van der Waals surface area contributed by atoms with Gasteiger partial charge >= 0.3 is 0 Å². The van der Waals surface area contributed by atoms with Crippen LogP contribution in [-0.4, -0.2) is 10.9 Å². The molecule has 0 saturated heterocycles. The Hall–Kier alpha value is -1.68. The van der Waals surface area contributed by atoms with Crippen molar-refractivity contribution in [1.29, 1.82) is 0 Å². The summed E-state index contributed by atoms with van der Waals surface area (Å²) >= 11 is 1.49. The van der Waals surface area contributed by atoms with Crippen LogP contribution in [0.1, 0.15) is 31.7 Å². The molecule has 0 aliphatic heterocycles. The van der Waals surface area contributed by atoms with Gasteiger partial charge in [0.15, 0.2) is 5.13 Å². The molecule has 1 saturated carbocycles. The van der Waals surface area contributed by atoms with Gasteiger partial charge in [-0.3, -0.25) is 4.79 Å². The van der Waals surface area contributed by atoms with E-state index in [4.69, 9.17) is 0 Å². The van der Waals surface area contributed by atoms with Crippen LogP contribution in [-0.2, 0) is 11.2 Å². The Morgan fingerprint density at radius 2 is 2.10 bits per heavy atom. The largest absolute Gasteiger partial charge is 0.302 e. The number of hydrogen-bond acceptors (Lipinski definition) is 3. The molecule has 0 spiro atoms. The van der Waals surface area contributed by atoms with Gasteiger partial charge in [-0.1, -0.05) is 37.6 Å². The second-order valence-electron chi connectivity index (χ2n) is 5.25. The Morgan fingerprint density at radius 1 is 1.35 bits per heavy atom. The molecule has 1 aliphatic carbocycles. The summed E-state index contributed by atoms with van der Waals surface area (Å²) in [4.78, 5) is 16.2. The first-order valence-electron chi connectivity index (χ1n) is 7.12. The quantitative estimate of drug-likeness (QED) is 0.898. The molecule has 1 aliphatic rings. The molecule has 0 unspecified atom stereocenters. The van der Waals surface area contributed by atoms with Crippen LogP contribution in [0.5, 0.6) is 0 Å². The summed E-state index contributed by atoms with van der Waals surface area (Å²) in [5.41, 5.74) is 3.39. The van der Waals surface area contributed by atoms with Crippen molar-refractivity contribution < 1.29 is 4.79 Å². The lowest BCUT2D eigenvalue weighted by Crippen LogP contribution is -2.12. The molecule has 4 heteroatoms. The highest BCUT2D eigenvalue weighted by molar-refractivity contribution is 7.14. The minimum absolute atomic E-state index is 0.115. The van der Waals surface area contributed by atoms with E-state index in [2.05, 4.69) is 41.5 Å². The number of carbonyl (C=O) groups is 1. The molecule has 1 fully saturated rings. The molecule has 0 bridgehead atoms. The number of hydrogen-bond donors (Lipinski definition) is 1. The second-order valence-corrected chi connectivity index (χ2v) is 6.11. The summed E-state index contributed by atoms with van der Waals surface area (Å²) in [6.45, 7) is 2.18. The van der Waals surface area contributed by atoms with Gasteiger partial charge in [-0.25, -0.2) is 4.98 Å². The highest BCUT2D eigenvalue weighted by Gasteiger charge is 2.30. The van der Waals surface area contributed by atoms with Crippen molar-refractivity contribution in [2.45, 2.75) is 32.6 Å². The fourth-order valence-electron chi connectivity index (χ4n) is 2.15. The number of nitrogens with zero attached hydrogens (tertiary/aromatic N) is 1. The van der Waals surface area contributed by atoms with Gasteiger partial charge in [-0.05, 0) is 24.8 Å². The van der Waals surface area contributed by atoms with Crippen molar-refractivity contribution in [3.05, 3.63) is 35.2 Å². The number of aryl methyl sites for hydroxylation is 1. The van der Waals surface area contributed by atoms with Crippen molar-refractivity contribution in [3.63, 3.8) is 0 Å². The van der Waals surface area contributed by atoms with Crippen LogP contribution >= 0.6 is 11.3 Å². The first kappa shape index (κ1) is 13.3. The maximum absolute atomic E-state index is 11.7. The Morgan fingerprint density at radius 3 is 2.75 bits per heavy atom. The molecule has 1 aromatic heterocycles. The zero-order valence-corrected chi connectivity index (χ0v) is 12.4. The summed E-state index contributed by atoms with van der Waals surface area (Å²) in [7, 11) is 0. The number of benzene rings is 1. The molecule has 1 N–H and O–H groups in total. The van der Waals surface area contributed by atoms with E-state index in [9.17, 15) is 4.79 Å². The van der Waals surface area contributed by atoms with Gasteiger partial charge < -0.3 is 5.32 Å². The topological polar surface area (TPSA) is 42.0 Å². The summed E-state index contributed by atoms with van der Waals surface area (Å²) in [6, 6.07) is 8.51. The molecule has 0 radical (unpaired) electrons. The van der Waals surface area contributed by atoms with Gasteiger partial charge in [0.05, 0.1) is 5.69 Å². The van der Waals surface area contributed by atoms with Crippen LogP contribution in [0.4, 0.5) is 5.13 Å². The maximum Gasteiger partial charge on any atom is 0.229 e. The van der Waals surface area contributed by atoms with E-state index in [1.54, 1.807) is 0 Å². The smallest absolute Gasteiger partial charge is 0.229 e. The fraction of sp³-hybridized carbons (Fsp3) is 0.375. The van der Waals surface area contributed by atoms with E-state index >= 15 is 0 Å². The molecule has 104 valence electrons. The SMILES string of the molecule is CCCc1ccc(-c2csc(NC(=O)C3CC3)n2)cc1. The molecule has 2 aromatic rings. The zero-order valence-electron chi connectivity index (χ0n) is 11.6. The number of carbonyl (C=O) groups excluding carboxylic acids is 1. The van der Waals surface area contributed by atoms with E-state index in [1.807, 2.05) is 5.38 Å². The fourth-order valence-corrected chi connectivity index (χ4v) is 2.87. The molecule has 1 aromatic carbocycles. The number of nitrogens with one attached hydrogen (secondary N) is 1. The van der Waals surface area contributed by atoms with Crippen LogP contribution in [0.15, 0.2) is 29.6 Å². The third-order valence-corrected chi connectivity index (χ3v) is 4.23. The second kappa shape index (κ2) is 5.75. The van der Waals surface area contributed by atoms with Crippen molar-refractivity contribution in [1.82, 2.24) is 4.98 Å². The predicted octanol–water partition coefficient (Wildman–Crippen LogP) is 4.11. The van der Waals surface area contributed by atoms with Crippen LogP contribution in [0.2, 0.25) is 0 Å². The summed E-state index contributed by atoms with van der Waals surface area (Å²) < 4.78 is 0. The van der Waals surface area contributed by atoms with Gasteiger partial charge in [-0.15, -0.1) is 11.3 Å². The lowest BCUT2D eigenvalue weighted by molar-refractivity contribution is -0.117. The van der Waals surface area contributed by atoms with Crippen LogP contribution in [0.25, 0.3) is 11.3 Å².